The van der Waals surface area contributed by atoms with Crippen molar-refractivity contribution in [2.75, 3.05) is 0 Å². The van der Waals surface area contributed by atoms with Gasteiger partial charge in [0.15, 0.2) is 0 Å². The van der Waals surface area contributed by atoms with Crippen molar-refractivity contribution in [1.29, 1.82) is 0 Å². The molecule has 0 aromatic carbocycles. The Morgan fingerprint density at radius 3 is 2.55 bits per heavy atom. The molecule has 0 aromatic rings. The van der Waals surface area contributed by atoms with Gasteiger partial charge < -0.3 is 15.4 Å². The number of carbonyl (C=O) groups excluding carboxylic acids is 1. The lowest BCUT2D eigenvalue weighted by Gasteiger charge is -2.35. The van der Waals surface area contributed by atoms with Crippen LogP contribution < -0.4 is 10.6 Å². The van der Waals surface area contributed by atoms with E-state index in [0.29, 0.717) is 17.5 Å². The van der Waals surface area contributed by atoms with Crippen LogP contribution in [0.3, 0.4) is 0 Å². The summed E-state index contributed by atoms with van der Waals surface area (Å²) in [5.74, 6) is 0. The van der Waals surface area contributed by atoms with Gasteiger partial charge in [-0.15, -0.1) is 0 Å². The molecule has 0 aliphatic heterocycles. The van der Waals surface area contributed by atoms with E-state index in [1.807, 2.05) is 20.8 Å². The highest BCUT2D eigenvalue weighted by molar-refractivity contribution is 5.68. The van der Waals surface area contributed by atoms with E-state index in [1.165, 1.54) is 25.7 Å². The first-order valence-corrected chi connectivity index (χ1v) is 7.90. The lowest BCUT2D eigenvalue weighted by molar-refractivity contribution is 0.0521. The maximum Gasteiger partial charge on any atom is 0.407 e. The number of amides is 1. The summed E-state index contributed by atoms with van der Waals surface area (Å²) in [4.78, 5) is 11.7. The van der Waals surface area contributed by atoms with Crippen LogP contribution in [0, 0.1) is 5.41 Å². The van der Waals surface area contributed by atoms with Crippen LogP contribution in [0.4, 0.5) is 4.79 Å². The Kier molecular flexibility index (Phi) is 4.33. The summed E-state index contributed by atoms with van der Waals surface area (Å²) in [5.41, 5.74) is 0.0359. The van der Waals surface area contributed by atoms with Crippen molar-refractivity contribution in [2.45, 2.75) is 90.4 Å². The second-order valence-corrected chi connectivity index (χ2v) is 8.22. The number of rotatable bonds is 3. The van der Waals surface area contributed by atoms with Crippen molar-refractivity contribution >= 4 is 6.09 Å². The van der Waals surface area contributed by atoms with E-state index in [4.69, 9.17) is 4.74 Å². The minimum atomic E-state index is -0.421. The Labute approximate surface area is 123 Å². The molecule has 0 bridgehead atoms. The molecular weight excluding hydrogens is 252 g/mol. The normalized spacial score (nSPS) is 32.5. The fourth-order valence-electron chi connectivity index (χ4n) is 3.14. The zero-order chi connectivity index (χ0) is 15.0. The molecule has 0 radical (unpaired) electrons. The highest BCUT2D eigenvalue weighted by Crippen LogP contribution is 2.36. The minimum absolute atomic E-state index is 0.245. The standard InChI is InChI=1S/C16H30N2O2/c1-15(2,3)20-14(19)18-13-9-12(13)17-11-7-6-8-16(4,5)10-11/h11-13,17H,6-10H2,1-5H3,(H,18,19). The average molecular weight is 282 g/mol. The Bertz CT molecular complexity index is 360. The van der Waals surface area contributed by atoms with Gasteiger partial charge >= 0.3 is 6.09 Å². The second-order valence-electron chi connectivity index (χ2n) is 8.22. The first kappa shape index (κ1) is 15.6. The summed E-state index contributed by atoms with van der Waals surface area (Å²) < 4.78 is 5.28. The van der Waals surface area contributed by atoms with Crippen molar-refractivity contribution in [3.63, 3.8) is 0 Å². The van der Waals surface area contributed by atoms with Crippen LogP contribution in [0.2, 0.25) is 0 Å². The van der Waals surface area contributed by atoms with E-state index < -0.39 is 5.60 Å². The summed E-state index contributed by atoms with van der Waals surface area (Å²) in [6, 6.07) is 1.28. The average Bonchev–Trinajstić information content (AvgIpc) is 2.90. The van der Waals surface area contributed by atoms with Crippen molar-refractivity contribution < 1.29 is 9.53 Å². The van der Waals surface area contributed by atoms with Gasteiger partial charge in [0, 0.05) is 18.1 Å². The first-order valence-electron chi connectivity index (χ1n) is 7.90. The molecule has 2 rings (SSSR count). The fourth-order valence-corrected chi connectivity index (χ4v) is 3.14. The maximum atomic E-state index is 11.7. The summed E-state index contributed by atoms with van der Waals surface area (Å²) in [6.07, 6.45) is 5.87. The van der Waals surface area contributed by atoms with Gasteiger partial charge in [-0.05, 0) is 51.9 Å². The van der Waals surface area contributed by atoms with Gasteiger partial charge in [0.25, 0.3) is 0 Å². The van der Waals surface area contributed by atoms with Crippen LogP contribution in [0.1, 0.15) is 66.7 Å². The number of ether oxygens (including phenoxy) is 1. The molecule has 2 aliphatic rings. The van der Waals surface area contributed by atoms with Gasteiger partial charge in [-0.1, -0.05) is 20.3 Å². The van der Waals surface area contributed by atoms with Crippen molar-refractivity contribution in [3.05, 3.63) is 0 Å². The van der Waals surface area contributed by atoms with Gasteiger partial charge in [-0.2, -0.15) is 0 Å². The number of carbonyl (C=O) groups is 1. The molecule has 0 heterocycles. The third-order valence-electron chi connectivity index (χ3n) is 4.15. The van der Waals surface area contributed by atoms with Crippen molar-refractivity contribution in [3.8, 4) is 0 Å². The topological polar surface area (TPSA) is 50.4 Å². The molecule has 20 heavy (non-hydrogen) atoms. The molecular formula is C16H30N2O2. The maximum absolute atomic E-state index is 11.7. The predicted octanol–water partition coefficient (Wildman–Crippen LogP) is 3.21. The lowest BCUT2D eigenvalue weighted by atomic mass is 9.75. The summed E-state index contributed by atoms with van der Waals surface area (Å²) >= 11 is 0. The molecule has 1 amide bonds. The first-order chi connectivity index (χ1) is 9.15. The molecule has 0 aromatic heterocycles. The molecule has 2 fully saturated rings. The van der Waals surface area contributed by atoms with Crippen LogP contribution in [0.5, 0.6) is 0 Å². The largest absolute Gasteiger partial charge is 0.444 e. The van der Waals surface area contributed by atoms with Gasteiger partial charge in [0.05, 0.1) is 0 Å². The summed E-state index contributed by atoms with van der Waals surface area (Å²) in [6.45, 7) is 10.4. The molecule has 4 heteroatoms. The zero-order valence-corrected chi connectivity index (χ0v) is 13.6. The highest BCUT2D eigenvalue weighted by atomic mass is 16.6. The van der Waals surface area contributed by atoms with Crippen LogP contribution in [0.25, 0.3) is 0 Å². The van der Waals surface area contributed by atoms with E-state index in [9.17, 15) is 4.79 Å². The SMILES string of the molecule is CC1(C)CCCC(NC2CC2NC(=O)OC(C)(C)C)C1. The van der Waals surface area contributed by atoms with Crippen LogP contribution in [-0.2, 0) is 4.74 Å². The van der Waals surface area contributed by atoms with E-state index in [0.717, 1.165) is 6.42 Å². The molecule has 3 unspecified atom stereocenters. The van der Waals surface area contributed by atoms with Crippen LogP contribution in [-0.4, -0.2) is 29.8 Å². The van der Waals surface area contributed by atoms with Gasteiger partial charge in [-0.3, -0.25) is 0 Å². The van der Waals surface area contributed by atoms with E-state index in [1.54, 1.807) is 0 Å². The third kappa shape index (κ3) is 4.97. The quantitative estimate of drug-likeness (QED) is 0.835. The number of hydrogen-bond donors (Lipinski definition) is 2. The van der Waals surface area contributed by atoms with Crippen LogP contribution in [0.15, 0.2) is 0 Å². The molecule has 2 N–H and O–H groups in total. The van der Waals surface area contributed by atoms with E-state index in [-0.39, 0.29) is 12.1 Å². The Morgan fingerprint density at radius 2 is 1.95 bits per heavy atom. The minimum Gasteiger partial charge on any atom is -0.444 e. The summed E-state index contributed by atoms with van der Waals surface area (Å²) in [5, 5.41) is 6.64. The second kappa shape index (κ2) is 5.55. The smallest absolute Gasteiger partial charge is 0.407 e. The number of nitrogens with one attached hydrogen (secondary N) is 2. The van der Waals surface area contributed by atoms with Crippen molar-refractivity contribution in [2.24, 2.45) is 5.41 Å². The van der Waals surface area contributed by atoms with Crippen LogP contribution >= 0.6 is 0 Å². The molecule has 0 spiro atoms. The molecule has 116 valence electrons. The predicted molar refractivity (Wildman–Crippen MR) is 80.7 cm³/mol. The molecule has 2 saturated carbocycles. The van der Waals surface area contributed by atoms with Gasteiger partial charge in [0.1, 0.15) is 5.60 Å². The Morgan fingerprint density at radius 1 is 1.25 bits per heavy atom. The fraction of sp³-hybridized carbons (Fsp3) is 0.938. The Hall–Kier alpha value is -0.770. The number of alkyl carbamates (subject to hydrolysis) is 1. The molecule has 0 saturated heterocycles. The molecule has 4 nitrogen and oxygen atoms in total. The third-order valence-corrected chi connectivity index (χ3v) is 4.15. The molecule has 3 atom stereocenters. The highest BCUT2D eigenvalue weighted by Gasteiger charge is 2.41. The number of hydrogen-bond acceptors (Lipinski definition) is 3. The van der Waals surface area contributed by atoms with E-state index in [2.05, 4.69) is 24.5 Å². The lowest BCUT2D eigenvalue weighted by Crippen LogP contribution is -2.42. The Balaban J connectivity index is 1.69. The van der Waals surface area contributed by atoms with E-state index >= 15 is 0 Å². The summed E-state index contributed by atoms with van der Waals surface area (Å²) in [7, 11) is 0. The van der Waals surface area contributed by atoms with Crippen molar-refractivity contribution in [1.82, 2.24) is 10.6 Å². The molecule has 2 aliphatic carbocycles. The van der Waals surface area contributed by atoms with Gasteiger partial charge in [-0.25, -0.2) is 4.79 Å². The van der Waals surface area contributed by atoms with Gasteiger partial charge in [0.2, 0.25) is 0 Å². The zero-order valence-electron chi connectivity index (χ0n) is 13.6. The monoisotopic (exact) mass is 282 g/mol.